The zero-order valence-electron chi connectivity index (χ0n) is 33.4. The van der Waals surface area contributed by atoms with E-state index in [1.165, 1.54) is 16.2 Å². The summed E-state index contributed by atoms with van der Waals surface area (Å²) < 4.78 is 18.7. The van der Waals surface area contributed by atoms with Crippen molar-refractivity contribution in [2.75, 3.05) is 44.5 Å². The van der Waals surface area contributed by atoms with E-state index < -0.39 is 18.0 Å². The van der Waals surface area contributed by atoms with Crippen LogP contribution in [0.1, 0.15) is 75.3 Å². The van der Waals surface area contributed by atoms with Gasteiger partial charge in [0.2, 0.25) is 11.8 Å². The smallest absolute Gasteiger partial charge is 0.255 e. The van der Waals surface area contributed by atoms with Crippen LogP contribution < -0.4 is 10.2 Å². The molecule has 3 N–H and O–H groups in total. The highest BCUT2D eigenvalue weighted by Gasteiger charge is 2.40. The third-order valence-electron chi connectivity index (χ3n) is 10.1. The third-order valence-corrected chi connectivity index (χ3v) is 11.6. The number of ether oxygens (including phenoxy) is 3. The topological polar surface area (TPSA) is 175 Å². The summed E-state index contributed by atoms with van der Waals surface area (Å²) in [4.78, 5) is 45.9. The van der Waals surface area contributed by atoms with Crippen LogP contribution in [0.25, 0.3) is 0 Å². The number of thiophene rings is 1. The average Bonchev–Trinajstić information content (AvgIpc) is 3.89. The first kappa shape index (κ1) is 42.2. The number of hydrogen-bond acceptors (Lipinski definition) is 11. The molecule has 1 unspecified atom stereocenters. The monoisotopic (exact) mass is 846 g/mol. The zero-order valence-corrected chi connectivity index (χ0v) is 35.0. The number of halogens is 1. The first-order valence-corrected chi connectivity index (χ1v) is 20.6. The Bertz CT molecular complexity index is 2510. The summed E-state index contributed by atoms with van der Waals surface area (Å²) in [5.41, 5.74) is 6.16. The maximum absolute atomic E-state index is 13.0. The van der Waals surface area contributed by atoms with Gasteiger partial charge in [0.05, 0.1) is 61.9 Å². The zero-order chi connectivity index (χ0) is 42.3. The number of carbonyl (C=O) groups is 3. The molecule has 60 heavy (non-hydrogen) atoms. The Morgan fingerprint density at radius 1 is 1.02 bits per heavy atom. The van der Waals surface area contributed by atoms with E-state index in [1.807, 2.05) is 50.4 Å². The van der Waals surface area contributed by atoms with Crippen molar-refractivity contribution in [1.29, 1.82) is 10.8 Å². The second-order valence-electron chi connectivity index (χ2n) is 14.3. The van der Waals surface area contributed by atoms with Gasteiger partial charge < -0.3 is 19.1 Å². The van der Waals surface area contributed by atoms with Gasteiger partial charge in [-0.3, -0.25) is 45.1 Å². The highest BCUT2D eigenvalue weighted by Crippen LogP contribution is 2.40. The number of benzene rings is 2. The maximum atomic E-state index is 13.0. The highest BCUT2D eigenvalue weighted by atomic mass is 35.5. The summed E-state index contributed by atoms with van der Waals surface area (Å²) in [6.07, 6.45) is 4.10. The molecule has 3 amide bonds. The molecular weight excluding hydrogens is 804 g/mol. The van der Waals surface area contributed by atoms with Crippen molar-refractivity contribution in [1.82, 2.24) is 20.0 Å². The van der Waals surface area contributed by atoms with Crippen molar-refractivity contribution in [3.05, 3.63) is 104 Å². The number of amides is 3. The van der Waals surface area contributed by atoms with Crippen LogP contribution in [-0.2, 0) is 36.9 Å². The van der Waals surface area contributed by atoms with Crippen LogP contribution in [0.2, 0.25) is 5.02 Å². The number of aromatic nitrogens is 2. The summed E-state index contributed by atoms with van der Waals surface area (Å²) >= 11 is 7.63. The van der Waals surface area contributed by atoms with Gasteiger partial charge in [0.15, 0.2) is 0 Å². The largest absolute Gasteiger partial charge is 0.377 e. The number of hydrogen-bond donors (Lipinski definition) is 3. The lowest BCUT2D eigenvalue weighted by Crippen LogP contribution is -2.52. The fraction of sp³-hybridized carbons (Fsp3) is 0.341. The quantitative estimate of drug-likeness (QED) is 0.0575. The Balaban J connectivity index is 0.834. The van der Waals surface area contributed by atoms with Gasteiger partial charge in [0.25, 0.3) is 5.91 Å². The highest BCUT2D eigenvalue weighted by molar-refractivity contribution is 7.17. The van der Waals surface area contributed by atoms with Crippen LogP contribution in [0, 0.1) is 41.4 Å². The first-order chi connectivity index (χ1) is 29.0. The van der Waals surface area contributed by atoms with Crippen LogP contribution in [0.3, 0.4) is 0 Å². The van der Waals surface area contributed by atoms with Gasteiger partial charge in [-0.1, -0.05) is 53.5 Å². The summed E-state index contributed by atoms with van der Waals surface area (Å²) in [6, 6.07) is 11.7. The number of imide groups is 1. The van der Waals surface area contributed by atoms with Gasteiger partial charge in [-0.15, -0.1) is 11.3 Å². The summed E-state index contributed by atoms with van der Waals surface area (Å²) in [7, 11) is 0. The molecule has 2 atom stereocenters. The Kier molecular flexibility index (Phi) is 13.3. The third kappa shape index (κ3) is 9.42. The van der Waals surface area contributed by atoms with E-state index in [-0.39, 0.29) is 43.1 Å². The molecule has 5 heterocycles. The number of piperidine rings is 1. The molecule has 14 nitrogen and oxygen atoms in total. The van der Waals surface area contributed by atoms with Crippen molar-refractivity contribution in [3.8, 4) is 23.7 Å². The van der Waals surface area contributed by atoms with E-state index in [0.29, 0.717) is 62.1 Å². The molecule has 16 heteroatoms. The second kappa shape index (κ2) is 19.0. The van der Waals surface area contributed by atoms with Crippen molar-refractivity contribution >= 4 is 63.0 Å². The lowest BCUT2D eigenvalue weighted by atomic mass is 9.99. The van der Waals surface area contributed by atoms with Gasteiger partial charge >= 0.3 is 0 Å². The summed E-state index contributed by atoms with van der Waals surface area (Å²) in [6.45, 7) is 8.52. The number of nitrogens with one attached hydrogen (secondary N) is 3. The van der Waals surface area contributed by atoms with Gasteiger partial charge in [-0.25, -0.2) is 0 Å². The summed E-state index contributed by atoms with van der Waals surface area (Å²) in [5.74, 6) is 12.1. The number of amidine groups is 2. The predicted octanol–water partition coefficient (Wildman–Crippen LogP) is 5.19. The molecule has 308 valence electrons. The molecular formula is C44H43ClN8O6S. The van der Waals surface area contributed by atoms with Gasteiger partial charge in [0.1, 0.15) is 35.4 Å². The molecule has 1 fully saturated rings. The van der Waals surface area contributed by atoms with Gasteiger partial charge in [0, 0.05) is 46.4 Å². The fourth-order valence-corrected chi connectivity index (χ4v) is 8.42. The number of aliphatic imine (C=N–C) groups is 1. The summed E-state index contributed by atoms with van der Waals surface area (Å²) in [5, 5.41) is 25.5. The Hall–Kier alpha value is -5.94. The van der Waals surface area contributed by atoms with Crippen LogP contribution >= 0.6 is 22.9 Å². The molecule has 3 aliphatic heterocycles. The Morgan fingerprint density at radius 3 is 2.52 bits per heavy atom. The molecule has 2 aromatic carbocycles. The minimum absolute atomic E-state index is 0.188. The standard InChI is InChI=1S/C44H43ClN8O6S/c1-27-37(60-44-39(27)40(32-10-12-33(45)13-11-32)49-28(2)41(47)53(44)29(3)46)15-9-30-24-48-51(25-30)17-19-58-21-23-59-22-20-57-18-5-7-31-6-4-8-34-35(31)26-52(43(34)56)36-14-16-38(54)50-42(36)55/h4,6,8,10-13,24-25,28,36,46-47H,14,16-23,26H2,1-3H3,(H,50,54,55)/t28-,36?/m0/s1. The second-order valence-corrected chi connectivity index (χ2v) is 15.7. The van der Waals surface area contributed by atoms with E-state index >= 15 is 0 Å². The minimum Gasteiger partial charge on any atom is -0.377 e. The van der Waals surface area contributed by atoms with E-state index in [1.54, 1.807) is 34.8 Å². The van der Waals surface area contributed by atoms with Crippen molar-refractivity contribution in [2.45, 2.75) is 58.8 Å². The number of nitrogens with zero attached hydrogens (tertiary/aromatic N) is 5. The van der Waals surface area contributed by atoms with E-state index in [2.05, 4.69) is 34.1 Å². The van der Waals surface area contributed by atoms with Gasteiger partial charge in [-0.2, -0.15) is 5.10 Å². The van der Waals surface area contributed by atoms with Gasteiger partial charge in [-0.05, 0) is 62.6 Å². The molecule has 2 aromatic heterocycles. The molecule has 0 saturated carbocycles. The molecule has 1 saturated heterocycles. The SMILES string of the molecule is CC(=N)N1C(=N)[C@H](C)N=C(c2ccc(Cl)cc2)c2c1sc(C#Cc1cnn(CCOCCOCCOCC#Cc3cccc4c3CN(C3CCC(=O)NC3=O)C4=O)c1)c2C. The van der Waals surface area contributed by atoms with Crippen LogP contribution in [-0.4, -0.2) is 102 Å². The maximum Gasteiger partial charge on any atom is 0.255 e. The minimum atomic E-state index is -0.671. The molecule has 3 aliphatic rings. The molecule has 4 aromatic rings. The molecule has 0 bridgehead atoms. The van der Waals surface area contributed by atoms with Crippen molar-refractivity contribution in [2.24, 2.45) is 4.99 Å². The number of anilines is 1. The van der Waals surface area contributed by atoms with E-state index in [9.17, 15) is 14.4 Å². The van der Waals surface area contributed by atoms with Crippen LogP contribution in [0.4, 0.5) is 5.00 Å². The van der Waals surface area contributed by atoms with Crippen LogP contribution in [0.5, 0.6) is 0 Å². The lowest BCUT2D eigenvalue weighted by molar-refractivity contribution is -0.136. The normalized spacial score (nSPS) is 17.2. The van der Waals surface area contributed by atoms with Crippen molar-refractivity contribution < 1.29 is 28.6 Å². The van der Waals surface area contributed by atoms with Crippen LogP contribution in [0.15, 0.2) is 59.9 Å². The Labute approximate surface area is 356 Å². The molecule has 0 aliphatic carbocycles. The lowest BCUT2D eigenvalue weighted by Gasteiger charge is -2.29. The molecule has 0 spiro atoms. The van der Waals surface area contributed by atoms with Crippen molar-refractivity contribution in [3.63, 3.8) is 0 Å². The molecule has 0 radical (unpaired) electrons. The molecule has 7 rings (SSSR count). The number of rotatable bonds is 12. The predicted molar refractivity (Wildman–Crippen MR) is 229 cm³/mol. The Morgan fingerprint density at radius 2 is 1.77 bits per heavy atom. The number of carbonyl (C=O) groups excluding carboxylic acids is 3. The average molecular weight is 847 g/mol. The fourth-order valence-electron chi connectivity index (χ4n) is 7.06. The van der Waals surface area contributed by atoms with E-state index in [0.717, 1.165) is 43.4 Å². The number of fused-ring (bicyclic) bond motifs is 2. The van der Waals surface area contributed by atoms with E-state index in [4.69, 9.17) is 41.6 Å². The first-order valence-electron chi connectivity index (χ1n) is 19.4.